The number of sulfone groups is 1. The summed E-state index contributed by atoms with van der Waals surface area (Å²) >= 11 is 11.9. The molecule has 1 N–H and O–H groups in total. The van der Waals surface area contributed by atoms with Crippen LogP contribution in [0, 0.1) is 0 Å². The Kier molecular flexibility index (Phi) is 4.84. The lowest BCUT2D eigenvalue weighted by Gasteiger charge is -2.34. The molecule has 2 aromatic carbocycles. The van der Waals surface area contributed by atoms with Gasteiger partial charge >= 0.3 is 0 Å². The SMILES string of the molecule is CN1CCN(c2cccc3c(S(=O)(=O)c4ccc(Cl)c(Cl)c4)c[nH]c23)CC1. The molecule has 0 atom stereocenters. The van der Waals surface area contributed by atoms with Crippen molar-refractivity contribution in [3.05, 3.63) is 52.6 Å². The summed E-state index contributed by atoms with van der Waals surface area (Å²) < 4.78 is 26.3. The number of nitrogens with zero attached hydrogens (tertiary/aromatic N) is 2. The topological polar surface area (TPSA) is 56.4 Å². The molecule has 1 fully saturated rings. The van der Waals surface area contributed by atoms with Gasteiger partial charge in [0, 0.05) is 37.8 Å². The fourth-order valence-corrected chi connectivity index (χ4v) is 5.23. The third-order valence-electron chi connectivity index (χ3n) is 4.99. The summed E-state index contributed by atoms with van der Waals surface area (Å²) in [4.78, 5) is 8.11. The quantitative estimate of drug-likeness (QED) is 0.689. The summed E-state index contributed by atoms with van der Waals surface area (Å²) in [5.41, 5.74) is 1.86. The summed E-state index contributed by atoms with van der Waals surface area (Å²) in [6.45, 7) is 3.77. The lowest BCUT2D eigenvalue weighted by Crippen LogP contribution is -2.44. The summed E-state index contributed by atoms with van der Waals surface area (Å²) in [6.07, 6.45) is 1.56. The Hall–Kier alpha value is -1.73. The first-order valence-electron chi connectivity index (χ1n) is 8.61. The van der Waals surface area contributed by atoms with Gasteiger partial charge < -0.3 is 14.8 Å². The molecule has 142 valence electrons. The van der Waals surface area contributed by atoms with Gasteiger partial charge in [-0.05, 0) is 31.3 Å². The Bertz CT molecular complexity index is 1100. The molecule has 0 saturated carbocycles. The molecular weight excluding hydrogens is 405 g/mol. The zero-order valence-electron chi connectivity index (χ0n) is 14.7. The van der Waals surface area contributed by atoms with Crippen LogP contribution in [0.15, 0.2) is 52.4 Å². The van der Waals surface area contributed by atoms with Crippen LogP contribution in [0.1, 0.15) is 0 Å². The number of piperazine rings is 1. The van der Waals surface area contributed by atoms with E-state index in [1.54, 1.807) is 6.20 Å². The van der Waals surface area contributed by atoms with Gasteiger partial charge in [-0.15, -0.1) is 0 Å². The molecule has 1 aromatic heterocycles. The number of halogens is 2. The van der Waals surface area contributed by atoms with E-state index in [0.29, 0.717) is 10.4 Å². The van der Waals surface area contributed by atoms with Crippen LogP contribution >= 0.6 is 23.2 Å². The van der Waals surface area contributed by atoms with Crippen LogP contribution in [-0.4, -0.2) is 51.5 Å². The van der Waals surface area contributed by atoms with Crippen LogP contribution in [0.5, 0.6) is 0 Å². The second-order valence-corrected chi connectivity index (χ2v) is 9.45. The maximum atomic E-state index is 13.2. The van der Waals surface area contributed by atoms with Crippen molar-refractivity contribution in [2.75, 3.05) is 38.1 Å². The van der Waals surface area contributed by atoms with Crippen molar-refractivity contribution < 1.29 is 8.42 Å². The Morgan fingerprint density at radius 2 is 1.74 bits per heavy atom. The van der Waals surface area contributed by atoms with E-state index in [4.69, 9.17) is 23.2 Å². The van der Waals surface area contributed by atoms with Gasteiger partial charge in [0.25, 0.3) is 0 Å². The number of nitrogens with one attached hydrogen (secondary N) is 1. The number of rotatable bonds is 3. The van der Waals surface area contributed by atoms with Gasteiger partial charge in [-0.2, -0.15) is 0 Å². The van der Waals surface area contributed by atoms with Crippen molar-refractivity contribution in [2.45, 2.75) is 9.79 Å². The second-order valence-electron chi connectivity index (χ2n) is 6.72. The van der Waals surface area contributed by atoms with Gasteiger partial charge in [0.05, 0.1) is 31.0 Å². The molecule has 0 bridgehead atoms. The van der Waals surface area contributed by atoms with Gasteiger partial charge in [-0.3, -0.25) is 0 Å². The van der Waals surface area contributed by atoms with E-state index < -0.39 is 9.84 Å². The first-order chi connectivity index (χ1) is 12.9. The fraction of sp³-hybridized carbons (Fsp3) is 0.263. The number of fused-ring (bicyclic) bond motifs is 1. The number of H-pyrrole nitrogens is 1. The van der Waals surface area contributed by atoms with Crippen LogP contribution in [0.4, 0.5) is 5.69 Å². The molecule has 0 amide bonds. The Morgan fingerprint density at radius 3 is 2.44 bits per heavy atom. The van der Waals surface area contributed by atoms with E-state index in [0.717, 1.165) is 37.4 Å². The zero-order chi connectivity index (χ0) is 19.2. The van der Waals surface area contributed by atoms with Crippen LogP contribution in [-0.2, 0) is 9.84 Å². The Morgan fingerprint density at radius 1 is 1.00 bits per heavy atom. The van der Waals surface area contributed by atoms with Crippen molar-refractivity contribution in [1.29, 1.82) is 0 Å². The van der Waals surface area contributed by atoms with Gasteiger partial charge in [-0.25, -0.2) is 8.42 Å². The average Bonchev–Trinajstić information content (AvgIpc) is 3.09. The maximum absolute atomic E-state index is 13.2. The molecule has 0 aliphatic carbocycles. The highest BCUT2D eigenvalue weighted by Gasteiger charge is 2.25. The van der Waals surface area contributed by atoms with Gasteiger partial charge in [-0.1, -0.05) is 35.3 Å². The predicted octanol–water partition coefficient (Wildman–Crippen LogP) is 4.06. The molecule has 0 radical (unpaired) electrons. The smallest absolute Gasteiger partial charge is 0.208 e. The number of aromatic nitrogens is 1. The number of hydrogen-bond acceptors (Lipinski definition) is 4. The standard InChI is InChI=1S/C19H19Cl2N3O2S/c1-23-7-9-24(10-8-23)17-4-2-3-14-18(12-22-19(14)17)27(25,26)13-5-6-15(20)16(21)11-13/h2-6,11-12,22H,7-10H2,1H3. The third-order valence-corrected chi connectivity index (χ3v) is 7.52. The molecule has 8 heteroatoms. The van der Waals surface area contributed by atoms with Gasteiger partial charge in [0.2, 0.25) is 9.84 Å². The van der Waals surface area contributed by atoms with Crippen LogP contribution < -0.4 is 4.90 Å². The molecule has 4 rings (SSSR count). The van der Waals surface area contributed by atoms with E-state index in [1.165, 1.54) is 18.2 Å². The number of anilines is 1. The normalized spacial score (nSPS) is 16.2. The summed E-state index contributed by atoms with van der Waals surface area (Å²) in [6, 6.07) is 10.1. The molecule has 2 heterocycles. The first-order valence-corrected chi connectivity index (χ1v) is 10.9. The highest BCUT2D eigenvalue weighted by Crippen LogP contribution is 2.35. The van der Waals surface area contributed by atoms with Crippen LogP contribution in [0.3, 0.4) is 0 Å². The summed E-state index contributed by atoms with van der Waals surface area (Å²) in [7, 11) is -1.61. The number of benzene rings is 2. The van der Waals surface area contributed by atoms with E-state index in [2.05, 4.69) is 21.8 Å². The van der Waals surface area contributed by atoms with E-state index >= 15 is 0 Å². The molecule has 1 aliphatic heterocycles. The molecule has 27 heavy (non-hydrogen) atoms. The lowest BCUT2D eigenvalue weighted by molar-refractivity contribution is 0.313. The average molecular weight is 424 g/mol. The number of likely N-dealkylation sites (N-methyl/N-ethyl adjacent to an activating group) is 1. The van der Waals surface area contributed by atoms with Crippen LogP contribution in [0.25, 0.3) is 10.9 Å². The lowest BCUT2D eigenvalue weighted by atomic mass is 10.2. The Labute approximate surface area is 168 Å². The minimum absolute atomic E-state index is 0.128. The van der Waals surface area contributed by atoms with Gasteiger partial charge in [0.15, 0.2) is 0 Å². The second kappa shape index (κ2) is 7.02. The third kappa shape index (κ3) is 3.31. The maximum Gasteiger partial charge on any atom is 0.208 e. The van der Waals surface area contributed by atoms with Crippen LogP contribution in [0.2, 0.25) is 10.0 Å². The van der Waals surface area contributed by atoms with Crippen molar-refractivity contribution in [2.24, 2.45) is 0 Å². The molecule has 5 nitrogen and oxygen atoms in total. The van der Waals surface area contributed by atoms with Crippen molar-refractivity contribution >= 4 is 49.6 Å². The molecule has 3 aromatic rings. The monoisotopic (exact) mass is 423 g/mol. The minimum Gasteiger partial charge on any atom is -0.367 e. The molecular formula is C19H19Cl2N3O2S. The van der Waals surface area contributed by atoms with Gasteiger partial charge in [0.1, 0.15) is 0 Å². The Balaban J connectivity index is 1.79. The number of hydrogen-bond donors (Lipinski definition) is 1. The predicted molar refractivity (Wildman–Crippen MR) is 110 cm³/mol. The molecule has 0 spiro atoms. The van der Waals surface area contributed by atoms with Crippen molar-refractivity contribution in [1.82, 2.24) is 9.88 Å². The number of aromatic amines is 1. The highest BCUT2D eigenvalue weighted by atomic mass is 35.5. The molecule has 0 unspecified atom stereocenters. The largest absolute Gasteiger partial charge is 0.367 e. The van der Waals surface area contributed by atoms with E-state index in [-0.39, 0.29) is 14.8 Å². The minimum atomic E-state index is -3.72. The molecule has 1 saturated heterocycles. The number of para-hydroxylation sites is 1. The molecule has 1 aliphatic rings. The fourth-order valence-electron chi connectivity index (χ4n) is 3.42. The van der Waals surface area contributed by atoms with E-state index in [9.17, 15) is 8.42 Å². The first kappa shape index (κ1) is 18.6. The summed E-state index contributed by atoms with van der Waals surface area (Å²) in [5, 5.41) is 1.22. The van der Waals surface area contributed by atoms with Crippen molar-refractivity contribution in [3.8, 4) is 0 Å². The highest BCUT2D eigenvalue weighted by molar-refractivity contribution is 7.91. The zero-order valence-corrected chi connectivity index (χ0v) is 17.1. The van der Waals surface area contributed by atoms with Crippen molar-refractivity contribution in [3.63, 3.8) is 0 Å². The summed E-state index contributed by atoms with van der Waals surface area (Å²) in [5.74, 6) is 0. The van der Waals surface area contributed by atoms with E-state index in [1.807, 2.05) is 18.2 Å².